The first-order valence-electron chi connectivity index (χ1n) is 0. The van der Waals surface area contributed by atoms with E-state index in [9.17, 15) is 0 Å². The van der Waals surface area contributed by atoms with Crippen molar-refractivity contribution in [2.75, 3.05) is 0 Å². The van der Waals surface area contributed by atoms with Gasteiger partial charge < -0.3 is 0 Å². The van der Waals surface area contributed by atoms with Crippen LogP contribution in [0.1, 0.15) is 22.3 Å². The monoisotopic (exact) mass is 248 g/mol. The molecular formula is C3H13BrSn. The maximum absolute atomic E-state index is 0. The van der Waals surface area contributed by atoms with Crippen molar-refractivity contribution < 1.29 is 0 Å². The fraction of sp³-hybridized carbons (Fsp3) is 1.00. The van der Waals surface area contributed by atoms with Gasteiger partial charge in [0, 0.05) is 23.9 Å². The average molecular weight is 248 g/mol. The van der Waals surface area contributed by atoms with Gasteiger partial charge in [0.05, 0.1) is 0 Å². The van der Waals surface area contributed by atoms with Crippen LogP contribution in [0.5, 0.6) is 0 Å². The topological polar surface area (TPSA) is 0 Å². The van der Waals surface area contributed by atoms with Crippen molar-refractivity contribution in [2.24, 2.45) is 0 Å². The fourth-order valence-electron chi connectivity index (χ4n) is 0. The van der Waals surface area contributed by atoms with Crippen LogP contribution in [0.3, 0.4) is 0 Å². The SMILES string of the molecule is Br.C.C.C.[Sn]. The summed E-state index contributed by atoms with van der Waals surface area (Å²) in [7, 11) is 0. The number of halogens is 1. The standard InChI is InChI=1S/3CH4.BrH.Sn/h3*1H4;1H;. The Morgan fingerprint density at radius 3 is 0.600 bits per heavy atom. The molecule has 0 saturated carbocycles. The van der Waals surface area contributed by atoms with Gasteiger partial charge in [0.15, 0.2) is 0 Å². The van der Waals surface area contributed by atoms with Gasteiger partial charge in [-0.25, -0.2) is 0 Å². The zero-order valence-corrected chi connectivity index (χ0v) is 5.48. The van der Waals surface area contributed by atoms with E-state index in [1.807, 2.05) is 0 Å². The first-order chi connectivity index (χ1) is 0. The Labute approximate surface area is 63.1 Å². The van der Waals surface area contributed by atoms with Gasteiger partial charge in [-0.05, 0) is 0 Å². The number of hydrogen-bond donors (Lipinski definition) is 0. The molecule has 0 aromatic carbocycles. The summed E-state index contributed by atoms with van der Waals surface area (Å²) in [6, 6.07) is 0. The van der Waals surface area contributed by atoms with Crippen LogP contribution < -0.4 is 0 Å². The van der Waals surface area contributed by atoms with Crippen molar-refractivity contribution in [3.05, 3.63) is 0 Å². The summed E-state index contributed by atoms with van der Waals surface area (Å²) >= 11 is 0. The van der Waals surface area contributed by atoms with Gasteiger partial charge in [0.25, 0.3) is 0 Å². The molecule has 0 amide bonds. The maximum Gasteiger partial charge on any atom is 0 e. The summed E-state index contributed by atoms with van der Waals surface area (Å²) in [6.07, 6.45) is 0. The molecule has 0 aliphatic heterocycles. The molecule has 0 nitrogen and oxygen atoms in total. The van der Waals surface area contributed by atoms with Gasteiger partial charge in [-0.15, -0.1) is 17.0 Å². The Balaban J connectivity index is 0. The zero-order chi connectivity index (χ0) is 0. The van der Waals surface area contributed by atoms with Crippen LogP contribution in [-0.2, 0) is 0 Å². The minimum atomic E-state index is 0. The van der Waals surface area contributed by atoms with Gasteiger partial charge in [-0.2, -0.15) is 0 Å². The Hall–Kier alpha value is 1.28. The average Bonchev–Trinajstić information content (AvgIpc) is 0. The van der Waals surface area contributed by atoms with E-state index in [4.69, 9.17) is 0 Å². The molecule has 0 saturated heterocycles. The van der Waals surface area contributed by atoms with Crippen molar-refractivity contribution >= 4 is 40.9 Å². The molecule has 2 heteroatoms. The van der Waals surface area contributed by atoms with E-state index in [1.54, 1.807) is 0 Å². The van der Waals surface area contributed by atoms with E-state index in [-0.39, 0.29) is 63.2 Å². The second kappa shape index (κ2) is 59.1. The quantitative estimate of drug-likeness (QED) is 0.575. The molecule has 0 atom stereocenters. The van der Waals surface area contributed by atoms with Crippen LogP contribution >= 0.6 is 17.0 Å². The molecule has 36 valence electrons. The molecule has 0 aromatic rings. The molecule has 4 radical (unpaired) electrons. The summed E-state index contributed by atoms with van der Waals surface area (Å²) < 4.78 is 0. The third kappa shape index (κ3) is 34.7. The Morgan fingerprint density at radius 1 is 0.600 bits per heavy atom. The summed E-state index contributed by atoms with van der Waals surface area (Å²) in [5, 5.41) is 0. The van der Waals surface area contributed by atoms with E-state index in [1.165, 1.54) is 0 Å². The smallest absolute Gasteiger partial charge is 0 e. The summed E-state index contributed by atoms with van der Waals surface area (Å²) in [5.41, 5.74) is 0. The van der Waals surface area contributed by atoms with Crippen LogP contribution in [-0.4, -0.2) is 23.9 Å². The van der Waals surface area contributed by atoms with Crippen LogP contribution in [0.4, 0.5) is 0 Å². The van der Waals surface area contributed by atoms with Crippen molar-refractivity contribution in [3.63, 3.8) is 0 Å². The first-order valence-corrected chi connectivity index (χ1v) is 0. The predicted octanol–water partition coefficient (Wildman–Crippen LogP) is 2.11. The van der Waals surface area contributed by atoms with Crippen LogP contribution in [0.15, 0.2) is 0 Å². The third-order valence-corrected chi connectivity index (χ3v) is 0. The van der Waals surface area contributed by atoms with Crippen molar-refractivity contribution in [1.29, 1.82) is 0 Å². The molecular weight excluding hydrogens is 235 g/mol. The van der Waals surface area contributed by atoms with E-state index < -0.39 is 0 Å². The number of hydrogen-bond acceptors (Lipinski definition) is 0. The van der Waals surface area contributed by atoms with Gasteiger partial charge in [-0.3, -0.25) is 0 Å². The molecule has 0 unspecified atom stereocenters. The Bertz CT molecular complexity index is 6.85. The van der Waals surface area contributed by atoms with Gasteiger partial charge in [0.2, 0.25) is 0 Å². The molecule has 0 spiro atoms. The Kier molecular flexibility index (Phi) is 1260. The third-order valence-electron chi connectivity index (χ3n) is 0. The fourth-order valence-corrected chi connectivity index (χ4v) is 0. The second-order valence-corrected chi connectivity index (χ2v) is 0. The van der Waals surface area contributed by atoms with Gasteiger partial charge in [0.1, 0.15) is 0 Å². The Morgan fingerprint density at radius 2 is 0.600 bits per heavy atom. The van der Waals surface area contributed by atoms with E-state index in [0.717, 1.165) is 0 Å². The van der Waals surface area contributed by atoms with E-state index >= 15 is 0 Å². The molecule has 0 N–H and O–H groups in total. The molecule has 0 aromatic heterocycles. The summed E-state index contributed by atoms with van der Waals surface area (Å²) in [5.74, 6) is 0. The molecule has 0 aliphatic carbocycles. The molecule has 0 fully saturated rings. The summed E-state index contributed by atoms with van der Waals surface area (Å²) in [4.78, 5) is 0. The van der Waals surface area contributed by atoms with Crippen molar-refractivity contribution in [1.82, 2.24) is 0 Å². The minimum absolute atomic E-state index is 0. The number of rotatable bonds is 0. The molecule has 0 rings (SSSR count). The molecule has 0 heterocycles. The largest absolute Gasteiger partial charge is 0.114 e. The molecule has 0 aliphatic rings. The minimum Gasteiger partial charge on any atom is -0.114 e. The zero-order valence-electron chi connectivity index (χ0n) is 0.908. The van der Waals surface area contributed by atoms with Crippen LogP contribution in [0, 0.1) is 0 Å². The van der Waals surface area contributed by atoms with Gasteiger partial charge in [-0.1, -0.05) is 22.3 Å². The van der Waals surface area contributed by atoms with E-state index in [0.29, 0.717) is 0 Å². The van der Waals surface area contributed by atoms with Crippen LogP contribution in [0.25, 0.3) is 0 Å². The normalized spacial score (nSPS) is 0. The first kappa shape index (κ1) is 107. The second-order valence-electron chi connectivity index (χ2n) is 0. The maximum atomic E-state index is 0. The van der Waals surface area contributed by atoms with Gasteiger partial charge >= 0.3 is 0 Å². The van der Waals surface area contributed by atoms with Crippen LogP contribution in [0.2, 0.25) is 0 Å². The summed E-state index contributed by atoms with van der Waals surface area (Å²) in [6.45, 7) is 0. The van der Waals surface area contributed by atoms with Crippen molar-refractivity contribution in [2.45, 2.75) is 22.3 Å². The van der Waals surface area contributed by atoms with Crippen molar-refractivity contribution in [3.8, 4) is 0 Å². The predicted molar refractivity (Wildman–Crippen MR) is 36.3 cm³/mol. The molecule has 0 bridgehead atoms. The van der Waals surface area contributed by atoms with E-state index in [2.05, 4.69) is 0 Å². The molecule has 5 heavy (non-hydrogen) atoms.